The Hall–Kier alpha value is -2.39. The second-order valence-electron chi connectivity index (χ2n) is 10.6. The normalized spacial score (nSPS) is 24.9. The zero-order valence-corrected chi connectivity index (χ0v) is 23.0. The van der Waals surface area contributed by atoms with E-state index in [1.54, 1.807) is 25.1 Å². The van der Waals surface area contributed by atoms with Crippen molar-refractivity contribution in [2.24, 2.45) is 23.2 Å². The fourth-order valence-corrected chi connectivity index (χ4v) is 8.64. The van der Waals surface area contributed by atoms with Gasteiger partial charge in [0, 0.05) is 24.0 Å². The number of nitrogens with zero attached hydrogens (tertiary/aromatic N) is 1. The molecule has 4 atom stereocenters. The van der Waals surface area contributed by atoms with E-state index in [4.69, 9.17) is 0 Å². The number of esters is 1. The SMILES string of the molecule is COC(=O)/C=C/CCCCC1CC2CC(C1NC(=O)c1ccc(S(=O)(=O)n3cccc3C)s1)C2(C)C. The lowest BCUT2D eigenvalue weighted by Crippen LogP contribution is -2.63. The number of aryl methyl sites for hydroxylation is 1. The van der Waals surface area contributed by atoms with Crippen LogP contribution in [0.3, 0.4) is 0 Å². The van der Waals surface area contributed by atoms with Gasteiger partial charge >= 0.3 is 5.97 Å². The van der Waals surface area contributed by atoms with Crippen molar-refractivity contribution in [2.75, 3.05) is 7.11 Å². The first-order chi connectivity index (χ1) is 17.1. The number of methoxy groups -OCH3 is 1. The van der Waals surface area contributed by atoms with Gasteiger partial charge in [-0.1, -0.05) is 26.3 Å². The molecule has 4 unspecified atom stereocenters. The molecular formula is C27H36N2O5S2. The molecule has 2 heterocycles. The predicted octanol–water partition coefficient (Wildman–Crippen LogP) is 5.17. The summed E-state index contributed by atoms with van der Waals surface area (Å²) < 4.78 is 32.0. The minimum absolute atomic E-state index is 0.0805. The summed E-state index contributed by atoms with van der Waals surface area (Å²) in [6.45, 7) is 6.34. The number of carbonyl (C=O) groups is 2. The number of fused-ring (bicyclic) bond motifs is 2. The molecule has 2 bridgehead atoms. The molecule has 0 aromatic carbocycles. The Bertz CT molecular complexity index is 1240. The lowest BCUT2D eigenvalue weighted by atomic mass is 9.44. The van der Waals surface area contributed by atoms with Crippen LogP contribution >= 0.6 is 11.3 Å². The van der Waals surface area contributed by atoms with Crippen LogP contribution in [0.1, 0.15) is 67.7 Å². The predicted molar refractivity (Wildman–Crippen MR) is 140 cm³/mol. The molecule has 5 rings (SSSR count). The van der Waals surface area contributed by atoms with Crippen molar-refractivity contribution < 1.29 is 22.7 Å². The Balaban J connectivity index is 1.41. The molecule has 2 aromatic rings. The van der Waals surface area contributed by atoms with Crippen LogP contribution in [0, 0.1) is 30.1 Å². The van der Waals surface area contributed by atoms with Crippen LogP contribution in [0.5, 0.6) is 0 Å². The van der Waals surface area contributed by atoms with Gasteiger partial charge in [0.2, 0.25) is 0 Å². The summed E-state index contributed by atoms with van der Waals surface area (Å²) in [6.07, 6.45) is 10.9. The van der Waals surface area contributed by atoms with E-state index in [9.17, 15) is 18.0 Å². The second kappa shape index (κ2) is 10.5. The van der Waals surface area contributed by atoms with Crippen molar-refractivity contribution in [3.8, 4) is 0 Å². The monoisotopic (exact) mass is 532 g/mol. The first-order valence-electron chi connectivity index (χ1n) is 12.6. The maximum atomic E-state index is 13.3. The van der Waals surface area contributed by atoms with Gasteiger partial charge in [0.05, 0.1) is 12.0 Å². The molecule has 0 aliphatic heterocycles. The smallest absolute Gasteiger partial charge is 0.330 e. The van der Waals surface area contributed by atoms with E-state index in [0.717, 1.165) is 49.9 Å². The van der Waals surface area contributed by atoms with Crippen LogP contribution in [-0.2, 0) is 19.6 Å². The number of hydrogen-bond acceptors (Lipinski definition) is 6. The van der Waals surface area contributed by atoms with E-state index in [1.807, 2.05) is 6.08 Å². The van der Waals surface area contributed by atoms with E-state index in [2.05, 4.69) is 23.9 Å². The van der Waals surface area contributed by atoms with Crippen LogP contribution < -0.4 is 5.32 Å². The second-order valence-corrected chi connectivity index (χ2v) is 13.8. The molecule has 0 saturated heterocycles. The van der Waals surface area contributed by atoms with Gasteiger partial charge in [-0.25, -0.2) is 8.77 Å². The summed E-state index contributed by atoms with van der Waals surface area (Å²) in [5.74, 6) is 0.988. The quantitative estimate of drug-likeness (QED) is 0.259. The number of allylic oxidation sites excluding steroid dienone is 1. The fraction of sp³-hybridized carbons (Fsp3) is 0.556. The molecule has 36 heavy (non-hydrogen) atoms. The van der Waals surface area contributed by atoms with Gasteiger partial charge in [-0.05, 0) is 86.5 Å². The van der Waals surface area contributed by atoms with Crippen LogP contribution in [0.25, 0.3) is 0 Å². The molecule has 9 heteroatoms. The number of amides is 1. The molecule has 3 saturated carbocycles. The van der Waals surface area contributed by atoms with Crippen molar-refractivity contribution in [3.05, 3.63) is 53.2 Å². The summed E-state index contributed by atoms with van der Waals surface area (Å²) >= 11 is 1.02. The van der Waals surface area contributed by atoms with E-state index in [-0.39, 0.29) is 27.5 Å². The third kappa shape index (κ3) is 5.18. The summed E-state index contributed by atoms with van der Waals surface area (Å²) in [5, 5.41) is 3.31. The molecule has 3 aliphatic carbocycles. The van der Waals surface area contributed by atoms with Gasteiger partial charge in [0.1, 0.15) is 4.21 Å². The average molecular weight is 533 g/mol. The number of nitrogens with one attached hydrogen (secondary N) is 1. The van der Waals surface area contributed by atoms with Crippen molar-refractivity contribution in [1.29, 1.82) is 0 Å². The van der Waals surface area contributed by atoms with Gasteiger partial charge in [-0.2, -0.15) is 8.42 Å². The number of ether oxygens (including phenoxy) is 1. The van der Waals surface area contributed by atoms with E-state index in [0.29, 0.717) is 28.3 Å². The number of unbranched alkanes of at least 4 members (excludes halogenated alkanes) is 2. The van der Waals surface area contributed by atoms with Crippen molar-refractivity contribution in [3.63, 3.8) is 0 Å². The van der Waals surface area contributed by atoms with Gasteiger partial charge in [-0.3, -0.25) is 4.79 Å². The topological polar surface area (TPSA) is 94.5 Å². The number of rotatable bonds is 10. The molecule has 3 fully saturated rings. The molecule has 7 nitrogen and oxygen atoms in total. The highest BCUT2D eigenvalue weighted by molar-refractivity contribution is 7.92. The first kappa shape index (κ1) is 26.7. The van der Waals surface area contributed by atoms with Crippen molar-refractivity contribution in [1.82, 2.24) is 9.29 Å². The van der Waals surface area contributed by atoms with Gasteiger partial charge in [-0.15, -0.1) is 11.3 Å². The zero-order chi connectivity index (χ0) is 26.1. The molecular weight excluding hydrogens is 496 g/mol. The Morgan fingerprint density at radius 2 is 2.00 bits per heavy atom. The molecule has 1 amide bonds. The Kier molecular flexibility index (Phi) is 7.80. The van der Waals surface area contributed by atoms with Gasteiger partial charge in [0.25, 0.3) is 15.9 Å². The largest absolute Gasteiger partial charge is 0.466 e. The minimum atomic E-state index is -3.71. The molecule has 1 N–H and O–H groups in total. The molecule has 0 radical (unpaired) electrons. The standard InChI is InChI=1S/C27H36N2O5S2/c1-18-10-9-15-29(18)36(32,33)24-14-13-22(35-24)26(31)28-25-19(16-20-17-21(25)27(20,2)3)11-7-5-6-8-12-23(30)34-4/h8-10,12-15,19-21,25H,5-7,11,16-17H2,1-4H3,(H,28,31)/b12-8+. The number of thiophene rings is 1. The Morgan fingerprint density at radius 3 is 2.67 bits per heavy atom. The summed E-state index contributed by atoms with van der Waals surface area (Å²) in [6, 6.07) is 6.66. The zero-order valence-electron chi connectivity index (χ0n) is 21.4. The highest BCUT2D eigenvalue weighted by Gasteiger charge is 2.57. The number of hydrogen-bond donors (Lipinski definition) is 1. The molecule has 3 aliphatic rings. The van der Waals surface area contributed by atoms with Crippen LogP contribution in [-0.4, -0.2) is 37.4 Å². The molecule has 0 spiro atoms. The lowest BCUT2D eigenvalue weighted by Gasteiger charge is -2.62. The molecule has 2 aromatic heterocycles. The first-order valence-corrected chi connectivity index (χ1v) is 14.9. The summed E-state index contributed by atoms with van der Waals surface area (Å²) in [5.41, 5.74) is 0.829. The third-order valence-electron chi connectivity index (χ3n) is 8.25. The van der Waals surface area contributed by atoms with E-state index >= 15 is 0 Å². The van der Waals surface area contributed by atoms with Crippen LogP contribution in [0.15, 0.2) is 46.8 Å². The summed E-state index contributed by atoms with van der Waals surface area (Å²) in [4.78, 5) is 24.9. The maximum Gasteiger partial charge on any atom is 0.330 e. The summed E-state index contributed by atoms with van der Waals surface area (Å²) in [7, 11) is -2.34. The van der Waals surface area contributed by atoms with Crippen LogP contribution in [0.2, 0.25) is 0 Å². The third-order valence-corrected chi connectivity index (χ3v) is 11.6. The number of carbonyl (C=O) groups excluding carboxylic acids is 2. The van der Waals surface area contributed by atoms with Crippen LogP contribution in [0.4, 0.5) is 0 Å². The Morgan fingerprint density at radius 1 is 1.22 bits per heavy atom. The van der Waals surface area contributed by atoms with Crippen molar-refractivity contribution in [2.45, 2.75) is 69.5 Å². The van der Waals surface area contributed by atoms with Gasteiger partial charge in [0.15, 0.2) is 0 Å². The highest BCUT2D eigenvalue weighted by Crippen LogP contribution is 2.61. The number of aromatic nitrogens is 1. The molecule has 196 valence electrons. The Labute approximate surface area is 218 Å². The minimum Gasteiger partial charge on any atom is -0.466 e. The van der Waals surface area contributed by atoms with Crippen molar-refractivity contribution >= 4 is 33.2 Å². The van der Waals surface area contributed by atoms with Gasteiger partial charge < -0.3 is 10.1 Å². The maximum absolute atomic E-state index is 13.3. The van der Waals surface area contributed by atoms with E-state index in [1.165, 1.54) is 29.4 Å². The highest BCUT2D eigenvalue weighted by atomic mass is 32.2. The lowest BCUT2D eigenvalue weighted by molar-refractivity contribution is -0.134. The average Bonchev–Trinajstić information content (AvgIpc) is 3.51. The van der Waals surface area contributed by atoms with E-state index < -0.39 is 10.0 Å². The fourth-order valence-electron chi connectivity index (χ4n) is 5.96.